The summed E-state index contributed by atoms with van der Waals surface area (Å²) in [4.78, 5) is 13.4. The molecule has 1 fully saturated rings. The average Bonchev–Trinajstić information content (AvgIpc) is 2.30. The van der Waals surface area contributed by atoms with Gasteiger partial charge < -0.3 is 14.7 Å². The van der Waals surface area contributed by atoms with Crippen LogP contribution >= 0.6 is 11.6 Å². The number of amides is 1. The van der Waals surface area contributed by atoms with E-state index in [0.29, 0.717) is 36.9 Å². The molecule has 4 nitrogen and oxygen atoms in total. The average molecular weight is 270 g/mol. The summed E-state index contributed by atoms with van der Waals surface area (Å²) in [6.45, 7) is 1.78. The zero-order valence-electron chi connectivity index (χ0n) is 10.0. The third-order valence-electron chi connectivity index (χ3n) is 2.98. The number of benzene rings is 1. The Bertz CT molecular complexity index is 418. The molecule has 0 spiro atoms. The molecule has 0 bridgehead atoms. The van der Waals surface area contributed by atoms with E-state index < -0.39 is 0 Å². The van der Waals surface area contributed by atoms with Crippen LogP contribution < -0.4 is 4.74 Å². The summed E-state index contributed by atoms with van der Waals surface area (Å²) in [6, 6.07) is 7.19. The molecule has 0 atom stereocenters. The van der Waals surface area contributed by atoms with Crippen LogP contribution in [0.1, 0.15) is 6.42 Å². The van der Waals surface area contributed by atoms with Crippen molar-refractivity contribution in [3.05, 3.63) is 29.3 Å². The number of hydrogen-bond donors (Lipinski definition) is 1. The molecular formula is C13H16ClNO3. The Morgan fingerprint density at radius 1 is 1.44 bits per heavy atom. The molecule has 0 radical (unpaired) electrons. The number of nitrogens with zero attached hydrogens (tertiary/aromatic N) is 1. The molecule has 0 aliphatic carbocycles. The minimum atomic E-state index is 0.0618. The van der Waals surface area contributed by atoms with Crippen molar-refractivity contribution in [2.24, 2.45) is 5.92 Å². The van der Waals surface area contributed by atoms with E-state index in [1.54, 1.807) is 17.0 Å². The largest absolute Gasteiger partial charge is 0.491 e. The molecule has 1 aliphatic heterocycles. The second-order valence-corrected chi connectivity index (χ2v) is 4.78. The fraction of sp³-hybridized carbons (Fsp3) is 0.462. The normalized spacial score (nSPS) is 15.3. The summed E-state index contributed by atoms with van der Waals surface area (Å²) >= 11 is 5.93. The van der Waals surface area contributed by atoms with Crippen LogP contribution in [-0.2, 0) is 4.79 Å². The van der Waals surface area contributed by atoms with Gasteiger partial charge in [0.1, 0.15) is 5.75 Å². The van der Waals surface area contributed by atoms with Gasteiger partial charge in [0.25, 0.3) is 0 Å². The maximum atomic E-state index is 11.7. The number of halogens is 1. The zero-order valence-corrected chi connectivity index (χ0v) is 10.8. The number of carbonyl (C=O) groups is 1. The summed E-state index contributed by atoms with van der Waals surface area (Å²) < 4.78 is 5.45. The van der Waals surface area contributed by atoms with Crippen LogP contribution in [0.15, 0.2) is 24.3 Å². The number of aliphatic hydroxyl groups excluding tert-OH is 1. The Balaban J connectivity index is 1.70. The fourth-order valence-corrected chi connectivity index (χ4v) is 2.05. The molecule has 1 heterocycles. The summed E-state index contributed by atoms with van der Waals surface area (Å²) in [5.74, 6) is 0.911. The Labute approximate surface area is 111 Å². The van der Waals surface area contributed by atoms with Crippen molar-refractivity contribution in [3.8, 4) is 5.75 Å². The summed E-state index contributed by atoms with van der Waals surface area (Å²) in [5, 5.41) is 9.41. The van der Waals surface area contributed by atoms with Crippen molar-refractivity contribution in [2.75, 3.05) is 26.3 Å². The standard InChI is InChI=1S/C13H16ClNO3/c14-11-3-1-2-4-12(11)18-6-5-13(17)15-7-10(8-15)9-16/h1-4,10,16H,5-9H2. The monoisotopic (exact) mass is 269 g/mol. The van der Waals surface area contributed by atoms with Gasteiger partial charge in [-0.2, -0.15) is 0 Å². The first-order valence-corrected chi connectivity index (χ1v) is 6.34. The number of rotatable bonds is 5. The number of aliphatic hydroxyl groups is 1. The van der Waals surface area contributed by atoms with E-state index in [-0.39, 0.29) is 18.4 Å². The van der Waals surface area contributed by atoms with Crippen LogP contribution in [0, 0.1) is 5.92 Å². The van der Waals surface area contributed by atoms with Gasteiger partial charge in [-0.1, -0.05) is 23.7 Å². The highest BCUT2D eigenvalue weighted by Crippen LogP contribution is 2.23. The molecule has 18 heavy (non-hydrogen) atoms. The quantitative estimate of drug-likeness (QED) is 0.883. The molecule has 0 saturated carbocycles. The van der Waals surface area contributed by atoms with E-state index in [0.717, 1.165) is 0 Å². The highest BCUT2D eigenvalue weighted by Gasteiger charge is 2.29. The lowest BCUT2D eigenvalue weighted by atomic mass is 10.0. The van der Waals surface area contributed by atoms with Crippen molar-refractivity contribution in [3.63, 3.8) is 0 Å². The van der Waals surface area contributed by atoms with Gasteiger partial charge in [-0.05, 0) is 12.1 Å². The van der Waals surface area contributed by atoms with Gasteiger partial charge in [-0.3, -0.25) is 4.79 Å². The Morgan fingerprint density at radius 2 is 2.17 bits per heavy atom. The Hall–Kier alpha value is -1.26. The molecular weight excluding hydrogens is 254 g/mol. The fourth-order valence-electron chi connectivity index (χ4n) is 1.86. The van der Waals surface area contributed by atoms with E-state index in [1.165, 1.54) is 0 Å². The number of ether oxygens (including phenoxy) is 1. The lowest BCUT2D eigenvalue weighted by Crippen LogP contribution is -2.51. The lowest BCUT2D eigenvalue weighted by Gasteiger charge is -2.38. The predicted octanol–water partition coefficient (Wildman–Crippen LogP) is 1.56. The first-order valence-electron chi connectivity index (χ1n) is 5.96. The highest BCUT2D eigenvalue weighted by molar-refractivity contribution is 6.32. The second-order valence-electron chi connectivity index (χ2n) is 4.38. The number of para-hydroxylation sites is 1. The maximum Gasteiger partial charge on any atom is 0.226 e. The van der Waals surface area contributed by atoms with Crippen molar-refractivity contribution in [1.29, 1.82) is 0 Å². The number of hydrogen-bond acceptors (Lipinski definition) is 3. The first-order chi connectivity index (χ1) is 8.70. The van der Waals surface area contributed by atoms with Gasteiger partial charge in [-0.25, -0.2) is 0 Å². The van der Waals surface area contributed by atoms with Gasteiger partial charge >= 0.3 is 0 Å². The predicted molar refractivity (Wildman–Crippen MR) is 68.7 cm³/mol. The van der Waals surface area contributed by atoms with Crippen LogP contribution in [0.3, 0.4) is 0 Å². The molecule has 1 N–H and O–H groups in total. The van der Waals surface area contributed by atoms with Crippen molar-refractivity contribution in [1.82, 2.24) is 4.90 Å². The molecule has 98 valence electrons. The molecule has 1 aliphatic rings. The first kappa shape index (κ1) is 13.2. The minimum absolute atomic E-state index is 0.0618. The smallest absolute Gasteiger partial charge is 0.226 e. The van der Waals surface area contributed by atoms with Crippen molar-refractivity contribution < 1.29 is 14.6 Å². The third kappa shape index (κ3) is 3.15. The van der Waals surface area contributed by atoms with Gasteiger partial charge in [-0.15, -0.1) is 0 Å². The minimum Gasteiger partial charge on any atom is -0.491 e. The van der Waals surface area contributed by atoms with E-state index in [1.807, 2.05) is 12.1 Å². The molecule has 2 rings (SSSR count). The van der Waals surface area contributed by atoms with Crippen molar-refractivity contribution in [2.45, 2.75) is 6.42 Å². The molecule has 1 amide bonds. The van der Waals surface area contributed by atoms with Crippen LogP contribution in [0.2, 0.25) is 5.02 Å². The number of carbonyl (C=O) groups excluding carboxylic acids is 1. The summed E-state index contributed by atoms with van der Waals surface area (Å²) in [6.07, 6.45) is 0.337. The second kappa shape index (κ2) is 6.07. The molecule has 1 saturated heterocycles. The van der Waals surface area contributed by atoms with Crippen LogP contribution in [0.4, 0.5) is 0 Å². The molecule has 1 aromatic carbocycles. The van der Waals surface area contributed by atoms with Gasteiger partial charge in [0, 0.05) is 25.6 Å². The Kier molecular flexibility index (Phi) is 4.44. The molecule has 0 unspecified atom stereocenters. The van der Waals surface area contributed by atoms with Gasteiger partial charge in [0.2, 0.25) is 5.91 Å². The topological polar surface area (TPSA) is 49.8 Å². The zero-order chi connectivity index (χ0) is 13.0. The molecule has 5 heteroatoms. The highest BCUT2D eigenvalue weighted by atomic mass is 35.5. The van der Waals surface area contributed by atoms with Crippen LogP contribution in [0.25, 0.3) is 0 Å². The summed E-state index contributed by atoms with van der Waals surface area (Å²) in [7, 11) is 0. The van der Waals surface area contributed by atoms with Crippen LogP contribution in [0.5, 0.6) is 5.75 Å². The van der Waals surface area contributed by atoms with E-state index in [9.17, 15) is 4.79 Å². The SMILES string of the molecule is O=C(CCOc1ccccc1Cl)N1CC(CO)C1. The van der Waals surface area contributed by atoms with Crippen molar-refractivity contribution >= 4 is 17.5 Å². The Morgan fingerprint density at radius 3 is 2.83 bits per heavy atom. The number of likely N-dealkylation sites (tertiary alicyclic amines) is 1. The van der Waals surface area contributed by atoms with E-state index in [2.05, 4.69) is 0 Å². The third-order valence-corrected chi connectivity index (χ3v) is 3.29. The molecule has 1 aromatic rings. The van der Waals surface area contributed by atoms with E-state index in [4.69, 9.17) is 21.4 Å². The lowest BCUT2D eigenvalue weighted by molar-refractivity contribution is -0.138. The van der Waals surface area contributed by atoms with Gasteiger partial charge in [0.15, 0.2) is 0 Å². The van der Waals surface area contributed by atoms with E-state index >= 15 is 0 Å². The van der Waals surface area contributed by atoms with Gasteiger partial charge in [0.05, 0.1) is 18.1 Å². The molecule has 0 aromatic heterocycles. The maximum absolute atomic E-state index is 11.7. The summed E-state index contributed by atoms with van der Waals surface area (Å²) in [5.41, 5.74) is 0. The van der Waals surface area contributed by atoms with Crippen LogP contribution in [-0.4, -0.2) is 42.2 Å².